The zero-order valence-corrected chi connectivity index (χ0v) is 23.3. The van der Waals surface area contributed by atoms with Crippen LogP contribution in [0.3, 0.4) is 0 Å². The summed E-state index contributed by atoms with van der Waals surface area (Å²) in [7, 11) is 3.33. The van der Waals surface area contributed by atoms with Crippen LogP contribution in [0.25, 0.3) is 0 Å². The van der Waals surface area contributed by atoms with Gasteiger partial charge in [-0.05, 0) is 87.0 Å². The van der Waals surface area contributed by atoms with Crippen molar-refractivity contribution >= 4 is 24.2 Å². The molecule has 5 rings (SSSR count). The summed E-state index contributed by atoms with van der Waals surface area (Å²) in [5.74, 6) is 2.33. The molecule has 2 aliphatic heterocycles. The van der Waals surface area contributed by atoms with Crippen LogP contribution < -0.4 is 14.8 Å². The number of hydrogen-bond acceptors (Lipinski definition) is 5. The minimum absolute atomic E-state index is 0. The van der Waals surface area contributed by atoms with Gasteiger partial charge in [-0.3, -0.25) is 9.59 Å². The second kappa shape index (κ2) is 12.4. The maximum absolute atomic E-state index is 13.4. The average Bonchev–Trinajstić information content (AvgIpc) is 3.76. The van der Waals surface area contributed by atoms with E-state index in [-0.39, 0.29) is 35.7 Å². The summed E-state index contributed by atoms with van der Waals surface area (Å²) < 4.78 is 10.6. The Morgan fingerprint density at radius 3 is 2.11 bits per heavy atom. The molecule has 2 aromatic carbocycles. The van der Waals surface area contributed by atoms with E-state index in [1.54, 1.807) is 14.2 Å². The van der Waals surface area contributed by atoms with Crippen LogP contribution in [0.5, 0.6) is 11.5 Å². The second-order valence-corrected chi connectivity index (χ2v) is 10.8. The first kappa shape index (κ1) is 28.2. The molecule has 2 aromatic rings. The Kier molecular flexibility index (Phi) is 9.21. The number of carbonyl (C=O) groups is 2. The van der Waals surface area contributed by atoms with Crippen molar-refractivity contribution in [3.05, 3.63) is 59.7 Å². The summed E-state index contributed by atoms with van der Waals surface area (Å²) in [6, 6.07) is 16.0. The summed E-state index contributed by atoms with van der Waals surface area (Å²) in [6.07, 6.45) is 5.62. The highest BCUT2D eigenvalue weighted by molar-refractivity contribution is 5.85. The van der Waals surface area contributed by atoms with Gasteiger partial charge in [-0.15, -0.1) is 12.4 Å². The SMILES string of the molecule is COc1ccc(CN2CCC3(CCN(CCC(NC(=O)C4CC4)c4ccc(OC)cc4)CC3)C2=O)cc1.Cl. The van der Waals surface area contributed by atoms with E-state index >= 15 is 0 Å². The molecule has 38 heavy (non-hydrogen) atoms. The number of likely N-dealkylation sites (tertiary alicyclic amines) is 2. The molecule has 0 aromatic heterocycles. The van der Waals surface area contributed by atoms with E-state index in [9.17, 15) is 9.59 Å². The third-order valence-electron chi connectivity index (χ3n) is 8.46. The Balaban J connectivity index is 0.00000336. The summed E-state index contributed by atoms with van der Waals surface area (Å²) in [4.78, 5) is 30.5. The van der Waals surface area contributed by atoms with Gasteiger partial charge >= 0.3 is 0 Å². The van der Waals surface area contributed by atoms with Crippen molar-refractivity contribution in [2.45, 2.75) is 51.1 Å². The van der Waals surface area contributed by atoms with Gasteiger partial charge < -0.3 is 24.6 Å². The highest BCUT2D eigenvalue weighted by Gasteiger charge is 2.47. The van der Waals surface area contributed by atoms with E-state index in [1.165, 1.54) is 0 Å². The van der Waals surface area contributed by atoms with Gasteiger partial charge in [0.1, 0.15) is 11.5 Å². The third-order valence-corrected chi connectivity index (χ3v) is 8.46. The largest absolute Gasteiger partial charge is 0.497 e. The Morgan fingerprint density at radius 2 is 1.53 bits per heavy atom. The molecule has 206 valence electrons. The molecule has 2 heterocycles. The number of piperidine rings is 1. The number of benzene rings is 2. The lowest BCUT2D eigenvalue weighted by molar-refractivity contribution is -0.139. The topological polar surface area (TPSA) is 71.1 Å². The van der Waals surface area contributed by atoms with Gasteiger partial charge in [-0.1, -0.05) is 24.3 Å². The van der Waals surface area contributed by atoms with Crippen molar-refractivity contribution in [2.75, 3.05) is 40.4 Å². The zero-order chi connectivity index (χ0) is 25.8. The van der Waals surface area contributed by atoms with E-state index in [4.69, 9.17) is 9.47 Å². The molecule has 7 nitrogen and oxygen atoms in total. The van der Waals surface area contributed by atoms with Crippen LogP contribution in [-0.2, 0) is 16.1 Å². The second-order valence-electron chi connectivity index (χ2n) is 10.8. The van der Waals surface area contributed by atoms with Crippen LogP contribution in [0.1, 0.15) is 55.7 Å². The zero-order valence-electron chi connectivity index (χ0n) is 22.5. The minimum atomic E-state index is -0.210. The minimum Gasteiger partial charge on any atom is -0.497 e. The number of rotatable bonds is 10. The maximum Gasteiger partial charge on any atom is 0.229 e. The van der Waals surface area contributed by atoms with Crippen LogP contribution in [0.4, 0.5) is 0 Å². The van der Waals surface area contributed by atoms with Gasteiger partial charge in [-0.25, -0.2) is 0 Å². The van der Waals surface area contributed by atoms with Gasteiger partial charge in [-0.2, -0.15) is 0 Å². The predicted octanol–water partition coefficient (Wildman–Crippen LogP) is 4.60. The normalized spacial score (nSPS) is 19.6. The lowest BCUT2D eigenvalue weighted by atomic mass is 9.77. The molecule has 1 N–H and O–H groups in total. The predicted molar refractivity (Wildman–Crippen MR) is 150 cm³/mol. The van der Waals surface area contributed by atoms with Crippen LogP contribution >= 0.6 is 12.4 Å². The van der Waals surface area contributed by atoms with E-state index < -0.39 is 0 Å². The van der Waals surface area contributed by atoms with E-state index in [0.29, 0.717) is 12.5 Å². The molecule has 1 atom stereocenters. The molecule has 0 bridgehead atoms. The third kappa shape index (κ3) is 6.44. The Morgan fingerprint density at radius 1 is 0.947 bits per heavy atom. The lowest BCUT2D eigenvalue weighted by Crippen LogP contribution is -2.45. The number of ether oxygens (including phenoxy) is 2. The highest BCUT2D eigenvalue weighted by Crippen LogP contribution is 2.42. The molecule has 1 spiro atoms. The number of carbonyl (C=O) groups excluding carboxylic acids is 2. The van der Waals surface area contributed by atoms with Crippen molar-refractivity contribution < 1.29 is 19.1 Å². The fraction of sp³-hybridized carbons (Fsp3) is 0.533. The van der Waals surface area contributed by atoms with Crippen LogP contribution in [0.2, 0.25) is 0 Å². The number of methoxy groups -OCH3 is 2. The highest BCUT2D eigenvalue weighted by atomic mass is 35.5. The number of nitrogens with one attached hydrogen (secondary N) is 1. The fourth-order valence-corrected chi connectivity index (χ4v) is 5.77. The molecule has 3 fully saturated rings. The van der Waals surface area contributed by atoms with Crippen molar-refractivity contribution in [2.24, 2.45) is 11.3 Å². The molecule has 1 aliphatic carbocycles. The van der Waals surface area contributed by atoms with Crippen LogP contribution in [-0.4, -0.2) is 62.0 Å². The van der Waals surface area contributed by atoms with E-state index in [0.717, 1.165) is 87.3 Å². The molecule has 2 amide bonds. The van der Waals surface area contributed by atoms with E-state index in [1.807, 2.05) is 41.3 Å². The monoisotopic (exact) mass is 541 g/mol. The van der Waals surface area contributed by atoms with Crippen molar-refractivity contribution in [1.82, 2.24) is 15.1 Å². The fourth-order valence-electron chi connectivity index (χ4n) is 5.77. The van der Waals surface area contributed by atoms with Gasteiger partial charge in [0.05, 0.1) is 25.7 Å². The molecule has 8 heteroatoms. The molecule has 1 unspecified atom stereocenters. The molecule has 2 saturated heterocycles. The summed E-state index contributed by atoms with van der Waals surface area (Å²) in [5, 5.41) is 3.29. The van der Waals surface area contributed by atoms with Gasteiger partial charge in [0.2, 0.25) is 11.8 Å². The molecular weight excluding hydrogens is 502 g/mol. The van der Waals surface area contributed by atoms with Gasteiger partial charge in [0.25, 0.3) is 0 Å². The summed E-state index contributed by atoms with van der Waals surface area (Å²) >= 11 is 0. The van der Waals surface area contributed by atoms with Crippen molar-refractivity contribution in [1.29, 1.82) is 0 Å². The van der Waals surface area contributed by atoms with Crippen LogP contribution in [0, 0.1) is 11.3 Å². The molecule has 0 radical (unpaired) electrons. The average molecular weight is 542 g/mol. The van der Waals surface area contributed by atoms with Gasteiger partial charge in [0.15, 0.2) is 0 Å². The first-order valence-electron chi connectivity index (χ1n) is 13.6. The quantitative estimate of drug-likeness (QED) is 0.476. The first-order chi connectivity index (χ1) is 18.0. The maximum atomic E-state index is 13.4. The standard InChI is InChI=1S/C30H39N3O4.ClH/c1-36-25-9-3-22(4-10-25)21-33-20-16-30(29(33)35)14-18-32(19-15-30)17-13-27(31-28(34)24-5-6-24)23-7-11-26(37-2)12-8-23;/h3-4,7-12,24,27H,5-6,13-21H2,1-2H3,(H,31,34);1H. The molecular formula is C30H40ClN3O4. The van der Waals surface area contributed by atoms with E-state index in [2.05, 4.69) is 22.3 Å². The van der Waals surface area contributed by atoms with Gasteiger partial charge in [0, 0.05) is 25.6 Å². The first-order valence-corrected chi connectivity index (χ1v) is 13.6. The number of halogens is 1. The Bertz CT molecular complexity index is 1080. The molecule has 3 aliphatic rings. The smallest absolute Gasteiger partial charge is 0.229 e. The molecule has 1 saturated carbocycles. The number of amides is 2. The Hall–Kier alpha value is -2.77. The number of hydrogen-bond donors (Lipinski definition) is 1. The Labute approximate surface area is 232 Å². The van der Waals surface area contributed by atoms with Crippen LogP contribution in [0.15, 0.2) is 48.5 Å². The lowest BCUT2D eigenvalue weighted by Gasteiger charge is -2.38. The number of nitrogens with zero attached hydrogens (tertiary/aromatic N) is 2. The van der Waals surface area contributed by atoms with Crippen molar-refractivity contribution in [3.63, 3.8) is 0 Å². The summed E-state index contributed by atoms with van der Waals surface area (Å²) in [6.45, 7) is 4.25. The summed E-state index contributed by atoms with van der Waals surface area (Å²) in [5.41, 5.74) is 2.04. The van der Waals surface area contributed by atoms with Crippen molar-refractivity contribution in [3.8, 4) is 11.5 Å².